The molecule has 0 aliphatic carbocycles. The number of aryl methyl sites for hydroxylation is 1. The number of nitrogens with zero attached hydrogens (tertiary/aromatic N) is 2. The quantitative estimate of drug-likeness (QED) is 0.780. The molecule has 6 nitrogen and oxygen atoms in total. The summed E-state index contributed by atoms with van der Waals surface area (Å²) in [6.07, 6.45) is 2.37. The Balaban J connectivity index is 1.79. The molecule has 6 heteroatoms. The van der Waals surface area contributed by atoms with Gasteiger partial charge in [-0.1, -0.05) is 0 Å². The Hall–Kier alpha value is -1.40. The smallest absolute Gasteiger partial charge is 0.291 e. The molecular formula is C12H16N2O4. The summed E-state index contributed by atoms with van der Waals surface area (Å²) in [4.78, 5) is 17.7. The van der Waals surface area contributed by atoms with Gasteiger partial charge in [0.15, 0.2) is 6.39 Å². The molecule has 1 aromatic heterocycles. The Bertz CT molecular complexity index is 464. The summed E-state index contributed by atoms with van der Waals surface area (Å²) in [6.45, 7) is 3.09. The minimum atomic E-state index is -0.618. The van der Waals surface area contributed by atoms with E-state index in [1.54, 1.807) is 11.8 Å². The van der Waals surface area contributed by atoms with E-state index in [1.165, 1.54) is 6.39 Å². The summed E-state index contributed by atoms with van der Waals surface area (Å²) in [6, 6.07) is 0. The summed E-state index contributed by atoms with van der Waals surface area (Å²) < 4.78 is 10.8. The molecule has 3 rings (SSSR count). The van der Waals surface area contributed by atoms with Crippen molar-refractivity contribution in [3.63, 3.8) is 0 Å². The van der Waals surface area contributed by atoms with Crippen LogP contribution in [0.5, 0.6) is 0 Å². The lowest BCUT2D eigenvalue weighted by Crippen LogP contribution is -2.41. The zero-order valence-electron chi connectivity index (χ0n) is 10.3. The van der Waals surface area contributed by atoms with Crippen molar-refractivity contribution < 1.29 is 19.1 Å². The van der Waals surface area contributed by atoms with Gasteiger partial charge < -0.3 is 19.2 Å². The second-order valence-corrected chi connectivity index (χ2v) is 4.99. The van der Waals surface area contributed by atoms with E-state index in [-0.39, 0.29) is 11.7 Å². The summed E-state index contributed by atoms with van der Waals surface area (Å²) in [5.41, 5.74) is 0.00613. The summed E-state index contributed by atoms with van der Waals surface area (Å²) in [5, 5.41) is 10.1. The number of ether oxygens (including phenoxy) is 1. The van der Waals surface area contributed by atoms with Gasteiger partial charge in [0.1, 0.15) is 11.7 Å². The Kier molecular flexibility index (Phi) is 2.64. The van der Waals surface area contributed by atoms with Gasteiger partial charge in [0.05, 0.1) is 18.8 Å². The first-order chi connectivity index (χ1) is 8.62. The number of likely N-dealkylation sites (tertiary alicyclic amines) is 1. The fourth-order valence-corrected chi connectivity index (χ4v) is 2.78. The topological polar surface area (TPSA) is 75.8 Å². The molecule has 2 atom stereocenters. The van der Waals surface area contributed by atoms with Crippen LogP contribution in [0.3, 0.4) is 0 Å². The Labute approximate surface area is 105 Å². The lowest BCUT2D eigenvalue weighted by Gasteiger charge is -2.25. The summed E-state index contributed by atoms with van der Waals surface area (Å²) >= 11 is 0. The van der Waals surface area contributed by atoms with E-state index >= 15 is 0 Å². The first-order valence-corrected chi connectivity index (χ1v) is 6.14. The van der Waals surface area contributed by atoms with E-state index in [1.807, 2.05) is 0 Å². The second kappa shape index (κ2) is 4.07. The number of hydrogen-bond donors (Lipinski definition) is 1. The zero-order chi connectivity index (χ0) is 12.8. The van der Waals surface area contributed by atoms with Crippen LogP contribution < -0.4 is 0 Å². The van der Waals surface area contributed by atoms with Gasteiger partial charge >= 0.3 is 0 Å². The van der Waals surface area contributed by atoms with Crippen molar-refractivity contribution in [2.75, 3.05) is 19.7 Å². The van der Waals surface area contributed by atoms with Gasteiger partial charge in [-0.2, -0.15) is 0 Å². The maximum Gasteiger partial charge on any atom is 0.291 e. The van der Waals surface area contributed by atoms with Crippen molar-refractivity contribution in [1.82, 2.24) is 9.88 Å². The van der Waals surface area contributed by atoms with Gasteiger partial charge in [-0.25, -0.2) is 4.98 Å². The molecule has 2 saturated heterocycles. The number of carbonyl (C=O) groups excluding carboxylic acids is 1. The molecule has 2 aliphatic rings. The normalized spacial score (nSPS) is 31.4. The van der Waals surface area contributed by atoms with E-state index in [0.29, 0.717) is 25.4 Å². The fourth-order valence-electron chi connectivity index (χ4n) is 2.78. The van der Waals surface area contributed by atoms with Crippen LogP contribution in [-0.2, 0) is 4.74 Å². The number of oxazole rings is 1. The van der Waals surface area contributed by atoms with Gasteiger partial charge in [-0.05, 0) is 19.8 Å². The first-order valence-electron chi connectivity index (χ1n) is 6.14. The average molecular weight is 252 g/mol. The molecule has 18 heavy (non-hydrogen) atoms. The molecule has 98 valence electrons. The minimum Gasteiger partial charge on any atom is -0.438 e. The predicted octanol–water partition coefficient (Wildman–Crippen LogP) is 0.349. The lowest BCUT2D eigenvalue weighted by molar-refractivity contribution is -0.0590. The van der Waals surface area contributed by atoms with E-state index in [0.717, 1.165) is 12.8 Å². The molecule has 3 heterocycles. The number of carbonyl (C=O) groups is 1. The summed E-state index contributed by atoms with van der Waals surface area (Å²) in [7, 11) is 0. The number of aliphatic hydroxyl groups is 1. The maximum atomic E-state index is 12.2. The fraction of sp³-hybridized carbons (Fsp3) is 0.667. The number of rotatable bonds is 1. The highest BCUT2D eigenvalue weighted by molar-refractivity contribution is 5.92. The van der Waals surface area contributed by atoms with Gasteiger partial charge in [0, 0.05) is 6.61 Å². The van der Waals surface area contributed by atoms with Gasteiger partial charge in [-0.15, -0.1) is 0 Å². The highest BCUT2D eigenvalue weighted by Crippen LogP contribution is 2.35. The largest absolute Gasteiger partial charge is 0.438 e. The number of hydrogen-bond acceptors (Lipinski definition) is 5. The van der Waals surface area contributed by atoms with Crippen molar-refractivity contribution in [2.45, 2.75) is 31.5 Å². The van der Waals surface area contributed by atoms with Crippen LogP contribution in [0.15, 0.2) is 10.8 Å². The van der Waals surface area contributed by atoms with E-state index in [4.69, 9.17) is 9.15 Å². The number of amides is 1. The molecule has 2 aliphatic heterocycles. The minimum absolute atomic E-state index is 0.226. The number of aliphatic hydroxyl groups excluding tert-OH is 1. The molecule has 1 amide bonds. The molecule has 1 aromatic rings. The Morgan fingerprint density at radius 1 is 1.67 bits per heavy atom. The van der Waals surface area contributed by atoms with Crippen LogP contribution in [0.4, 0.5) is 0 Å². The van der Waals surface area contributed by atoms with Crippen LogP contribution in [0.25, 0.3) is 0 Å². The Morgan fingerprint density at radius 2 is 2.50 bits per heavy atom. The van der Waals surface area contributed by atoms with Gasteiger partial charge in [0.25, 0.3) is 5.91 Å². The van der Waals surface area contributed by atoms with Crippen LogP contribution in [0.1, 0.15) is 29.1 Å². The molecule has 0 bridgehead atoms. The third kappa shape index (κ3) is 1.64. The molecule has 1 spiro atoms. The van der Waals surface area contributed by atoms with Crippen molar-refractivity contribution in [1.29, 1.82) is 0 Å². The molecule has 0 aromatic carbocycles. The maximum absolute atomic E-state index is 12.2. The zero-order valence-corrected chi connectivity index (χ0v) is 10.3. The predicted molar refractivity (Wildman–Crippen MR) is 61.1 cm³/mol. The molecule has 0 unspecified atom stereocenters. The van der Waals surface area contributed by atoms with E-state index in [9.17, 15) is 9.90 Å². The van der Waals surface area contributed by atoms with Crippen molar-refractivity contribution in [3.05, 3.63) is 17.8 Å². The van der Waals surface area contributed by atoms with E-state index in [2.05, 4.69) is 4.98 Å². The molecular weight excluding hydrogens is 236 g/mol. The first kappa shape index (κ1) is 11.7. The third-order valence-electron chi connectivity index (χ3n) is 3.82. The second-order valence-electron chi connectivity index (χ2n) is 4.99. The Morgan fingerprint density at radius 3 is 3.11 bits per heavy atom. The third-order valence-corrected chi connectivity index (χ3v) is 3.82. The lowest BCUT2D eigenvalue weighted by atomic mass is 9.97. The van der Waals surface area contributed by atoms with Crippen LogP contribution >= 0.6 is 0 Å². The van der Waals surface area contributed by atoms with Crippen LogP contribution in [0, 0.1) is 6.92 Å². The van der Waals surface area contributed by atoms with Crippen LogP contribution in [-0.4, -0.2) is 52.3 Å². The van der Waals surface area contributed by atoms with Gasteiger partial charge in [0.2, 0.25) is 5.76 Å². The highest BCUT2D eigenvalue weighted by atomic mass is 16.5. The van der Waals surface area contributed by atoms with Crippen molar-refractivity contribution >= 4 is 5.91 Å². The number of β-amino-alcohol motifs (C(OH)–C–C–N with tert-alkyl or cyclic N) is 1. The average Bonchev–Trinajstić information content (AvgIpc) is 3.03. The monoisotopic (exact) mass is 252 g/mol. The molecule has 2 fully saturated rings. The van der Waals surface area contributed by atoms with Crippen molar-refractivity contribution in [2.24, 2.45) is 0 Å². The molecule has 1 N–H and O–H groups in total. The standard InChI is InChI=1S/C12H16N2O4/c1-8-10(17-7-13-8)11(16)14-5-9(15)12(6-14)3-2-4-18-12/h7,9,15H,2-6H2,1H3/t9-,12-/m0/s1. The highest BCUT2D eigenvalue weighted by Gasteiger charge is 2.50. The SMILES string of the molecule is Cc1ncoc1C(=O)N1C[C@H](O)[C@]2(CCCO2)C1. The molecule has 0 saturated carbocycles. The molecule has 0 radical (unpaired) electrons. The van der Waals surface area contributed by atoms with Crippen molar-refractivity contribution in [3.8, 4) is 0 Å². The summed E-state index contributed by atoms with van der Waals surface area (Å²) in [5.74, 6) is 0.0219. The van der Waals surface area contributed by atoms with E-state index < -0.39 is 11.7 Å². The number of aromatic nitrogens is 1. The van der Waals surface area contributed by atoms with Crippen LogP contribution in [0.2, 0.25) is 0 Å². The van der Waals surface area contributed by atoms with Gasteiger partial charge in [-0.3, -0.25) is 4.79 Å².